The van der Waals surface area contributed by atoms with Gasteiger partial charge >= 0.3 is 5.97 Å². The third-order valence-electron chi connectivity index (χ3n) is 3.11. The quantitative estimate of drug-likeness (QED) is 0.481. The molecule has 0 unspecified atom stereocenters. The number of carbonyl (C=O) groups is 2. The SMILES string of the molecule is COC(=O)C(=O)c1ccccc1COc1ccccc1C. The van der Waals surface area contributed by atoms with E-state index in [0.29, 0.717) is 11.1 Å². The average Bonchev–Trinajstić information content (AvgIpc) is 2.53. The van der Waals surface area contributed by atoms with Gasteiger partial charge in [-0.1, -0.05) is 42.5 Å². The lowest BCUT2D eigenvalue weighted by atomic mass is 10.0. The van der Waals surface area contributed by atoms with Gasteiger partial charge in [-0.3, -0.25) is 4.79 Å². The molecule has 0 bridgehead atoms. The van der Waals surface area contributed by atoms with Crippen molar-refractivity contribution in [3.05, 3.63) is 65.2 Å². The maximum atomic E-state index is 11.9. The van der Waals surface area contributed by atoms with E-state index in [2.05, 4.69) is 4.74 Å². The number of para-hydroxylation sites is 1. The van der Waals surface area contributed by atoms with Crippen LogP contribution in [0.1, 0.15) is 21.5 Å². The number of hydrogen-bond donors (Lipinski definition) is 0. The van der Waals surface area contributed by atoms with E-state index in [1.165, 1.54) is 7.11 Å². The fourth-order valence-corrected chi connectivity index (χ4v) is 1.94. The standard InChI is InChI=1S/C17H16O4/c1-12-7-3-6-10-15(12)21-11-13-8-4-5-9-14(13)16(18)17(19)20-2/h3-10H,11H2,1-2H3. The summed E-state index contributed by atoms with van der Waals surface area (Å²) in [6.45, 7) is 2.16. The van der Waals surface area contributed by atoms with Gasteiger partial charge in [0.25, 0.3) is 5.78 Å². The number of benzene rings is 2. The smallest absolute Gasteiger partial charge is 0.379 e. The molecule has 0 saturated carbocycles. The zero-order valence-corrected chi connectivity index (χ0v) is 12.0. The lowest BCUT2D eigenvalue weighted by Crippen LogP contribution is -2.18. The normalized spacial score (nSPS) is 10.0. The van der Waals surface area contributed by atoms with Crippen LogP contribution in [-0.4, -0.2) is 18.9 Å². The highest BCUT2D eigenvalue weighted by Gasteiger charge is 2.19. The van der Waals surface area contributed by atoms with Crippen molar-refractivity contribution < 1.29 is 19.1 Å². The molecular formula is C17H16O4. The number of aryl methyl sites for hydroxylation is 1. The number of Topliss-reactive ketones (excluding diaryl/α,β-unsaturated/α-hetero) is 1. The summed E-state index contributed by atoms with van der Waals surface area (Å²) in [5.74, 6) is -0.794. The van der Waals surface area contributed by atoms with Crippen molar-refractivity contribution in [1.29, 1.82) is 0 Å². The van der Waals surface area contributed by atoms with E-state index in [1.54, 1.807) is 24.3 Å². The van der Waals surface area contributed by atoms with Gasteiger partial charge in [0.1, 0.15) is 12.4 Å². The molecule has 0 atom stereocenters. The number of rotatable bonds is 5. The van der Waals surface area contributed by atoms with Crippen molar-refractivity contribution >= 4 is 11.8 Å². The van der Waals surface area contributed by atoms with Crippen molar-refractivity contribution in [2.45, 2.75) is 13.5 Å². The zero-order chi connectivity index (χ0) is 15.2. The summed E-state index contributed by atoms with van der Waals surface area (Å²) < 4.78 is 10.2. The fraction of sp³-hybridized carbons (Fsp3) is 0.176. The van der Waals surface area contributed by atoms with Gasteiger partial charge in [0, 0.05) is 11.1 Å². The second-order valence-electron chi connectivity index (χ2n) is 4.53. The summed E-state index contributed by atoms with van der Waals surface area (Å²) in [4.78, 5) is 23.3. The first-order valence-electron chi connectivity index (χ1n) is 6.52. The van der Waals surface area contributed by atoms with Crippen molar-refractivity contribution in [3.63, 3.8) is 0 Å². The van der Waals surface area contributed by atoms with Gasteiger partial charge in [0.15, 0.2) is 0 Å². The summed E-state index contributed by atoms with van der Waals surface area (Å²) in [6, 6.07) is 14.5. The molecule has 0 spiro atoms. The predicted molar refractivity (Wildman–Crippen MR) is 78.3 cm³/mol. The van der Waals surface area contributed by atoms with Gasteiger partial charge in [-0.2, -0.15) is 0 Å². The maximum absolute atomic E-state index is 11.9. The fourth-order valence-electron chi connectivity index (χ4n) is 1.94. The van der Waals surface area contributed by atoms with E-state index in [0.717, 1.165) is 11.3 Å². The Morgan fingerprint density at radius 2 is 1.67 bits per heavy atom. The van der Waals surface area contributed by atoms with E-state index in [9.17, 15) is 9.59 Å². The molecule has 0 fully saturated rings. The highest BCUT2D eigenvalue weighted by atomic mass is 16.5. The first kappa shape index (κ1) is 14.8. The minimum atomic E-state index is -0.877. The number of hydrogen-bond acceptors (Lipinski definition) is 4. The first-order chi connectivity index (χ1) is 10.1. The van der Waals surface area contributed by atoms with Gasteiger partial charge in [0.2, 0.25) is 0 Å². The van der Waals surface area contributed by atoms with Crippen LogP contribution >= 0.6 is 0 Å². The zero-order valence-electron chi connectivity index (χ0n) is 12.0. The van der Waals surface area contributed by atoms with Crippen LogP contribution in [0.3, 0.4) is 0 Å². The Morgan fingerprint density at radius 1 is 1.00 bits per heavy atom. The molecule has 0 saturated heterocycles. The summed E-state index contributed by atoms with van der Waals surface area (Å²) in [5.41, 5.74) is 1.96. The summed E-state index contributed by atoms with van der Waals surface area (Å²) in [6.07, 6.45) is 0. The summed E-state index contributed by atoms with van der Waals surface area (Å²) in [5, 5.41) is 0. The second kappa shape index (κ2) is 6.70. The Kier molecular flexibility index (Phi) is 4.72. The van der Waals surface area contributed by atoms with Crippen molar-refractivity contribution in [2.75, 3.05) is 7.11 Å². The summed E-state index contributed by atoms with van der Waals surface area (Å²) in [7, 11) is 1.19. The van der Waals surface area contributed by atoms with Crippen LogP contribution in [0.5, 0.6) is 5.75 Å². The summed E-state index contributed by atoms with van der Waals surface area (Å²) >= 11 is 0. The number of esters is 1. The Bertz CT molecular complexity index is 661. The third kappa shape index (κ3) is 3.48. The van der Waals surface area contributed by atoms with E-state index >= 15 is 0 Å². The van der Waals surface area contributed by atoms with E-state index in [4.69, 9.17) is 4.74 Å². The molecule has 0 aliphatic carbocycles. The molecule has 2 aromatic carbocycles. The van der Waals surface area contributed by atoms with Crippen LogP contribution in [0.4, 0.5) is 0 Å². The van der Waals surface area contributed by atoms with Crippen LogP contribution in [0, 0.1) is 6.92 Å². The molecule has 2 aromatic rings. The number of carbonyl (C=O) groups excluding carboxylic acids is 2. The monoisotopic (exact) mass is 284 g/mol. The van der Waals surface area contributed by atoms with Gasteiger partial charge < -0.3 is 9.47 Å². The van der Waals surface area contributed by atoms with Crippen LogP contribution in [0.25, 0.3) is 0 Å². The van der Waals surface area contributed by atoms with E-state index in [1.807, 2.05) is 31.2 Å². The molecule has 0 N–H and O–H groups in total. The van der Waals surface area contributed by atoms with E-state index in [-0.39, 0.29) is 6.61 Å². The minimum absolute atomic E-state index is 0.212. The lowest BCUT2D eigenvalue weighted by Gasteiger charge is -2.11. The molecule has 0 radical (unpaired) electrons. The predicted octanol–water partition coefficient (Wildman–Crippen LogP) is 2.93. The largest absolute Gasteiger partial charge is 0.489 e. The molecule has 0 amide bonds. The molecular weight excluding hydrogens is 268 g/mol. The number of methoxy groups -OCH3 is 1. The Balaban J connectivity index is 2.19. The molecule has 21 heavy (non-hydrogen) atoms. The molecule has 0 aromatic heterocycles. The number of ketones is 1. The second-order valence-corrected chi connectivity index (χ2v) is 4.53. The van der Waals surface area contributed by atoms with Crippen molar-refractivity contribution in [3.8, 4) is 5.75 Å². The highest BCUT2D eigenvalue weighted by molar-refractivity contribution is 6.40. The Morgan fingerprint density at radius 3 is 2.38 bits per heavy atom. The molecule has 0 aliphatic heterocycles. The molecule has 0 heterocycles. The van der Waals surface area contributed by atoms with Gasteiger partial charge in [0.05, 0.1) is 7.11 Å². The van der Waals surface area contributed by atoms with Crippen molar-refractivity contribution in [2.24, 2.45) is 0 Å². The average molecular weight is 284 g/mol. The molecule has 2 rings (SSSR count). The Labute approximate surface area is 123 Å². The molecule has 0 aliphatic rings. The Hall–Kier alpha value is -2.62. The lowest BCUT2D eigenvalue weighted by molar-refractivity contribution is -0.135. The highest BCUT2D eigenvalue weighted by Crippen LogP contribution is 2.19. The maximum Gasteiger partial charge on any atom is 0.379 e. The molecule has 4 heteroatoms. The van der Waals surface area contributed by atoms with E-state index < -0.39 is 11.8 Å². The van der Waals surface area contributed by atoms with Gasteiger partial charge in [-0.05, 0) is 18.6 Å². The molecule has 108 valence electrons. The first-order valence-corrected chi connectivity index (χ1v) is 6.52. The van der Waals surface area contributed by atoms with Gasteiger partial charge in [-0.15, -0.1) is 0 Å². The van der Waals surface area contributed by atoms with Crippen LogP contribution in [0.2, 0.25) is 0 Å². The van der Waals surface area contributed by atoms with Crippen LogP contribution in [-0.2, 0) is 16.1 Å². The molecule has 4 nitrogen and oxygen atoms in total. The van der Waals surface area contributed by atoms with Crippen LogP contribution in [0.15, 0.2) is 48.5 Å². The van der Waals surface area contributed by atoms with Gasteiger partial charge in [-0.25, -0.2) is 4.79 Å². The third-order valence-corrected chi connectivity index (χ3v) is 3.11. The topological polar surface area (TPSA) is 52.6 Å². The van der Waals surface area contributed by atoms with Crippen LogP contribution < -0.4 is 4.74 Å². The number of ether oxygens (including phenoxy) is 2. The minimum Gasteiger partial charge on any atom is -0.489 e. The van der Waals surface area contributed by atoms with Crippen molar-refractivity contribution in [1.82, 2.24) is 0 Å².